The molecule has 0 fully saturated rings. The van der Waals surface area contributed by atoms with Gasteiger partial charge in [-0.15, -0.1) is 5.10 Å². The van der Waals surface area contributed by atoms with Gasteiger partial charge in [-0.3, -0.25) is 4.79 Å². The molecule has 0 aliphatic carbocycles. The van der Waals surface area contributed by atoms with Crippen LogP contribution in [0.15, 0.2) is 70.3 Å². The number of fused-ring (bicyclic) bond motifs is 3. The Bertz CT molecular complexity index is 1500. The number of likely N-dealkylation sites (N-methyl/N-ethyl adjacent to an activating group) is 1. The van der Waals surface area contributed by atoms with Gasteiger partial charge in [-0.05, 0) is 41.7 Å². The number of rotatable bonds is 5. The molecule has 168 valence electrons. The van der Waals surface area contributed by atoms with E-state index in [-0.39, 0.29) is 11.0 Å². The van der Waals surface area contributed by atoms with E-state index in [4.69, 9.17) is 4.98 Å². The van der Waals surface area contributed by atoms with Crippen LogP contribution in [0.25, 0.3) is 22.5 Å². The second-order valence-electron chi connectivity index (χ2n) is 9.02. The Hall–Kier alpha value is -3.12. The normalized spacial score (nSPS) is 16.9. The van der Waals surface area contributed by atoms with Gasteiger partial charge >= 0.3 is 0 Å². The molecule has 2 aromatic heterocycles. The van der Waals surface area contributed by atoms with Crippen LogP contribution in [0.5, 0.6) is 0 Å². The highest BCUT2D eigenvalue weighted by molar-refractivity contribution is 7.99. The van der Waals surface area contributed by atoms with E-state index >= 15 is 0 Å². The van der Waals surface area contributed by atoms with Crippen LogP contribution in [0.3, 0.4) is 0 Å². The zero-order valence-electron chi connectivity index (χ0n) is 19.5. The lowest BCUT2D eigenvalue weighted by Crippen LogP contribution is -2.24. The van der Waals surface area contributed by atoms with Crippen molar-refractivity contribution < 1.29 is 0 Å². The van der Waals surface area contributed by atoms with Crippen LogP contribution >= 0.6 is 11.8 Å². The predicted octanol–water partition coefficient (Wildman–Crippen LogP) is 4.95. The molecule has 4 aromatic rings. The maximum Gasteiger partial charge on any atom is 0.280 e. The molecule has 5 nitrogen and oxygen atoms in total. The molecule has 0 spiro atoms. The Balaban J connectivity index is 1.73. The van der Waals surface area contributed by atoms with Crippen LogP contribution in [0.2, 0.25) is 0 Å². The number of nitrogens with zero attached hydrogens (tertiary/aromatic N) is 4. The summed E-state index contributed by atoms with van der Waals surface area (Å²) >= 11 is 1.61. The fourth-order valence-corrected chi connectivity index (χ4v) is 5.65. The topological polar surface area (TPSA) is 50.5 Å². The van der Waals surface area contributed by atoms with Crippen molar-refractivity contribution in [3.63, 3.8) is 0 Å². The van der Waals surface area contributed by atoms with Gasteiger partial charge in [0.15, 0.2) is 5.65 Å². The Kier molecular flexibility index (Phi) is 5.49. The van der Waals surface area contributed by atoms with Gasteiger partial charge in [0.1, 0.15) is 0 Å². The summed E-state index contributed by atoms with van der Waals surface area (Å²) in [7, 11) is 2.11. The van der Waals surface area contributed by atoms with Gasteiger partial charge in [-0.2, -0.15) is 4.52 Å². The minimum Gasteiger partial charge on any atom is -0.347 e. The lowest BCUT2D eigenvalue weighted by molar-refractivity contribution is 0.641. The number of hydrogen-bond acceptors (Lipinski definition) is 5. The molecule has 5 rings (SSSR count). The van der Waals surface area contributed by atoms with E-state index in [1.807, 2.05) is 24.3 Å². The SMILES string of the molecule is CCCCSc1nc2/c(=C/C=C3\N(C)c4ccccc4C3(C)C)c3ccccc3c(=O)n2n1. The standard InChI is InChI=1S/C27H28N4OS/c1-5-6-17-33-26-28-24-19(18-11-7-8-12-20(18)25(32)31(24)29-26)15-16-23-27(2,3)21-13-9-10-14-22(21)30(23)4/h7-16H,5-6,17H2,1-4H3/b19-15+,23-16-. The summed E-state index contributed by atoms with van der Waals surface area (Å²) in [6, 6.07) is 16.3. The van der Waals surface area contributed by atoms with Gasteiger partial charge in [-0.1, -0.05) is 75.4 Å². The van der Waals surface area contributed by atoms with E-state index in [1.165, 1.54) is 21.5 Å². The molecular weight excluding hydrogens is 428 g/mol. The quantitative estimate of drug-likeness (QED) is 0.314. The molecule has 0 unspecified atom stereocenters. The predicted molar refractivity (Wildman–Crippen MR) is 138 cm³/mol. The first-order chi connectivity index (χ1) is 15.9. The monoisotopic (exact) mass is 456 g/mol. The second kappa shape index (κ2) is 8.34. The molecule has 0 saturated carbocycles. The Labute approximate surface area is 197 Å². The average molecular weight is 457 g/mol. The Morgan fingerprint density at radius 3 is 2.52 bits per heavy atom. The van der Waals surface area contributed by atoms with Crippen molar-refractivity contribution >= 4 is 39.9 Å². The maximum atomic E-state index is 13.2. The van der Waals surface area contributed by atoms with Crippen molar-refractivity contribution in [3.8, 4) is 0 Å². The highest BCUT2D eigenvalue weighted by Crippen LogP contribution is 2.46. The number of thioether (sulfide) groups is 1. The number of aromatic nitrogens is 3. The van der Waals surface area contributed by atoms with E-state index in [0.29, 0.717) is 16.2 Å². The smallest absolute Gasteiger partial charge is 0.280 e. The third-order valence-corrected chi connectivity index (χ3v) is 7.47. The summed E-state index contributed by atoms with van der Waals surface area (Å²) in [5.41, 5.74) is 4.12. The summed E-state index contributed by atoms with van der Waals surface area (Å²) in [5, 5.41) is 7.70. The molecule has 2 aromatic carbocycles. The first-order valence-electron chi connectivity index (χ1n) is 11.4. The zero-order chi connectivity index (χ0) is 23.2. The summed E-state index contributed by atoms with van der Waals surface area (Å²) < 4.78 is 1.47. The van der Waals surface area contributed by atoms with E-state index in [2.05, 4.69) is 74.2 Å². The lowest BCUT2D eigenvalue weighted by atomic mass is 9.84. The fraction of sp³-hybridized carbons (Fsp3) is 0.296. The molecule has 3 heterocycles. The van der Waals surface area contributed by atoms with Crippen LogP contribution < -0.4 is 15.7 Å². The van der Waals surface area contributed by atoms with E-state index in [0.717, 1.165) is 29.2 Å². The van der Waals surface area contributed by atoms with Crippen molar-refractivity contribution in [2.75, 3.05) is 17.7 Å². The molecule has 6 heteroatoms. The van der Waals surface area contributed by atoms with E-state index in [1.54, 1.807) is 11.8 Å². The third-order valence-electron chi connectivity index (χ3n) is 6.55. The average Bonchev–Trinajstić information content (AvgIpc) is 3.32. The lowest BCUT2D eigenvalue weighted by Gasteiger charge is -2.23. The van der Waals surface area contributed by atoms with Crippen LogP contribution in [0.1, 0.15) is 39.2 Å². The van der Waals surface area contributed by atoms with Crippen LogP contribution in [-0.4, -0.2) is 27.4 Å². The second-order valence-corrected chi connectivity index (χ2v) is 10.1. The van der Waals surface area contributed by atoms with Gasteiger partial charge in [0.2, 0.25) is 5.16 Å². The van der Waals surface area contributed by atoms with E-state index in [9.17, 15) is 4.79 Å². The third kappa shape index (κ3) is 3.53. The molecular formula is C27H28N4OS. The van der Waals surface area contributed by atoms with E-state index < -0.39 is 0 Å². The summed E-state index contributed by atoms with van der Waals surface area (Å²) in [6.07, 6.45) is 6.49. The van der Waals surface area contributed by atoms with Crippen molar-refractivity contribution in [1.82, 2.24) is 14.6 Å². The fourth-order valence-electron chi connectivity index (χ4n) is 4.75. The molecule has 1 aliphatic rings. The van der Waals surface area contributed by atoms with Gasteiger partial charge in [0, 0.05) is 40.2 Å². The summed E-state index contributed by atoms with van der Waals surface area (Å²) in [5.74, 6) is 0.946. The molecule has 0 atom stereocenters. The minimum atomic E-state index is -0.124. The molecule has 0 bridgehead atoms. The first kappa shape index (κ1) is 21.7. The summed E-state index contributed by atoms with van der Waals surface area (Å²) in [4.78, 5) is 20.2. The van der Waals surface area contributed by atoms with Crippen LogP contribution in [0, 0.1) is 0 Å². The highest BCUT2D eigenvalue weighted by Gasteiger charge is 2.37. The molecule has 33 heavy (non-hydrogen) atoms. The number of allylic oxidation sites excluding steroid dienone is 2. The highest BCUT2D eigenvalue weighted by atomic mass is 32.2. The van der Waals surface area contributed by atoms with Crippen molar-refractivity contribution in [2.45, 2.75) is 44.2 Å². The number of hydrogen-bond donors (Lipinski definition) is 0. The van der Waals surface area contributed by atoms with Crippen LogP contribution in [0.4, 0.5) is 5.69 Å². The summed E-state index contributed by atoms with van der Waals surface area (Å²) in [6.45, 7) is 6.67. The molecule has 0 saturated heterocycles. The van der Waals surface area contributed by atoms with Crippen LogP contribution in [-0.2, 0) is 5.41 Å². The first-order valence-corrected chi connectivity index (χ1v) is 12.4. The van der Waals surface area contributed by atoms with Crippen molar-refractivity contribution in [2.24, 2.45) is 0 Å². The van der Waals surface area contributed by atoms with Gasteiger partial charge in [-0.25, -0.2) is 4.98 Å². The molecule has 0 amide bonds. The van der Waals surface area contributed by atoms with Crippen molar-refractivity contribution in [3.05, 3.63) is 81.4 Å². The number of benzene rings is 2. The maximum absolute atomic E-state index is 13.2. The largest absolute Gasteiger partial charge is 0.347 e. The van der Waals surface area contributed by atoms with Gasteiger partial charge in [0.25, 0.3) is 5.56 Å². The number of para-hydroxylation sites is 1. The molecule has 1 aliphatic heterocycles. The number of anilines is 1. The Morgan fingerprint density at radius 1 is 1.03 bits per heavy atom. The molecule has 0 N–H and O–H groups in total. The van der Waals surface area contributed by atoms with Crippen molar-refractivity contribution in [1.29, 1.82) is 0 Å². The number of unbranched alkanes of at least 4 members (excludes halogenated alkanes) is 1. The molecule has 0 radical (unpaired) electrons. The number of pyridine rings is 1. The zero-order valence-corrected chi connectivity index (χ0v) is 20.3. The minimum absolute atomic E-state index is 0.119. The van der Waals surface area contributed by atoms with Gasteiger partial charge in [0.05, 0.1) is 0 Å². The van der Waals surface area contributed by atoms with Gasteiger partial charge < -0.3 is 4.90 Å². The Morgan fingerprint density at radius 2 is 1.76 bits per heavy atom.